The Balaban J connectivity index is 2.48. The summed E-state index contributed by atoms with van der Waals surface area (Å²) in [5.74, 6) is -1.53. The fourth-order valence-electron chi connectivity index (χ4n) is 1.49. The number of alkyl halides is 2. The van der Waals surface area contributed by atoms with Crippen LogP contribution in [0.2, 0.25) is 0 Å². The van der Waals surface area contributed by atoms with E-state index in [0.29, 0.717) is 0 Å². The minimum Gasteiger partial charge on any atom is -0.393 e. The first-order valence-electron chi connectivity index (χ1n) is 5.58. The fourth-order valence-corrected chi connectivity index (χ4v) is 1.86. The highest BCUT2D eigenvalue weighted by molar-refractivity contribution is 9.10. The van der Waals surface area contributed by atoms with Crippen molar-refractivity contribution in [3.05, 3.63) is 33.8 Å². The van der Waals surface area contributed by atoms with Gasteiger partial charge in [0.2, 0.25) is 0 Å². The molecular formula is C12H13BrF4O2. The van der Waals surface area contributed by atoms with Crippen LogP contribution in [-0.4, -0.2) is 30.8 Å². The Hall–Kier alpha value is -0.660. The summed E-state index contributed by atoms with van der Waals surface area (Å²) in [7, 11) is 0. The predicted molar refractivity (Wildman–Crippen MR) is 65.2 cm³/mol. The summed E-state index contributed by atoms with van der Waals surface area (Å²) in [6.07, 6.45) is -3.85. The van der Waals surface area contributed by atoms with Gasteiger partial charge < -0.3 is 9.84 Å². The maximum atomic E-state index is 13.6. The van der Waals surface area contributed by atoms with E-state index in [-0.39, 0.29) is 29.5 Å². The van der Waals surface area contributed by atoms with Gasteiger partial charge in [0.1, 0.15) is 18.2 Å². The van der Waals surface area contributed by atoms with E-state index in [4.69, 9.17) is 0 Å². The SMILES string of the molecule is OC(CCOCC(F)F)Cc1c(F)ccc(Br)c1F. The molecule has 0 saturated heterocycles. The van der Waals surface area contributed by atoms with Crippen molar-refractivity contribution in [1.82, 2.24) is 0 Å². The van der Waals surface area contributed by atoms with Crippen LogP contribution in [0.15, 0.2) is 16.6 Å². The summed E-state index contributed by atoms with van der Waals surface area (Å²) in [4.78, 5) is 0. The Morgan fingerprint density at radius 3 is 2.58 bits per heavy atom. The number of halogens is 5. The molecule has 0 heterocycles. The third kappa shape index (κ3) is 5.46. The highest BCUT2D eigenvalue weighted by Gasteiger charge is 2.16. The first kappa shape index (κ1) is 16.4. The van der Waals surface area contributed by atoms with Crippen molar-refractivity contribution >= 4 is 15.9 Å². The van der Waals surface area contributed by atoms with Gasteiger partial charge >= 0.3 is 0 Å². The summed E-state index contributed by atoms with van der Waals surface area (Å²) < 4.78 is 55.2. The van der Waals surface area contributed by atoms with E-state index in [1.165, 1.54) is 6.07 Å². The molecule has 0 aliphatic carbocycles. The number of benzene rings is 1. The second-order valence-electron chi connectivity index (χ2n) is 3.93. The molecule has 0 aliphatic rings. The maximum absolute atomic E-state index is 13.6. The molecule has 7 heteroatoms. The van der Waals surface area contributed by atoms with Crippen LogP contribution in [0.4, 0.5) is 17.6 Å². The van der Waals surface area contributed by atoms with Crippen LogP contribution in [0.1, 0.15) is 12.0 Å². The van der Waals surface area contributed by atoms with Crippen LogP contribution in [0.5, 0.6) is 0 Å². The normalized spacial score (nSPS) is 13.0. The van der Waals surface area contributed by atoms with Gasteiger partial charge in [-0.3, -0.25) is 0 Å². The van der Waals surface area contributed by atoms with Crippen LogP contribution < -0.4 is 0 Å². The standard InChI is InChI=1S/C12H13BrF4O2/c13-9-1-2-10(14)8(12(9)17)5-7(18)3-4-19-6-11(15)16/h1-2,7,11,18H,3-6H2. The predicted octanol–water partition coefficient (Wildman–Crippen LogP) is 3.30. The summed E-state index contributed by atoms with van der Waals surface area (Å²) >= 11 is 2.92. The average Bonchev–Trinajstić information content (AvgIpc) is 2.35. The Labute approximate surface area is 116 Å². The molecule has 1 rings (SSSR count). The fraction of sp³-hybridized carbons (Fsp3) is 0.500. The highest BCUT2D eigenvalue weighted by atomic mass is 79.9. The first-order chi connectivity index (χ1) is 8.91. The molecule has 0 aromatic heterocycles. The van der Waals surface area contributed by atoms with Crippen LogP contribution >= 0.6 is 15.9 Å². The second kappa shape index (κ2) is 7.81. The van der Waals surface area contributed by atoms with Gasteiger partial charge in [0.15, 0.2) is 0 Å². The van der Waals surface area contributed by atoms with Crippen molar-refractivity contribution in [1.29, 1.82) is 0 Å². The van der Waals surface area contributed by atoms with Gasteiger partial charge in [0, 0.05) is 18.6 Å². The van der Waals surface area contributed by atoms with Crippen LogP contribution in [0.25, 0.3) is 0 Å². The van der Waals surface area contributed by atoms with Gasteiger partial charge in [-0.1, -0.05) is 0 Å². The lowest BCUT2D eigenvalue weighted by Crippen LogP contribution is -2.17. The smallest absolute Gasteiger partial charge is 0.261 e. The van der Waals surface area contributed by atoms with Crippen molar-refractivity contribution in [2.75, 3.05) is 13.2 Å². The van der Waals surface area contributed by atoms with Crippen LogP contribution in [0, 0.1) is 11.6 Å². The van der Waals surface area contributed by atoms with E-state index < -0.39 is 30.8 Å². The zero-order valence-electron chi connectivity index (χ0n) is 9.88. The van der Waals surface area contributed by atoms with Gasteiger partial charge in [-0.15, -0.1) is 0 Å². The molecule has 0 aliphatic heterocycles. The Bertz CT molecular complexity index is 415. The molecule has 1 aromatic carbocycles. The van der Waals surface area contributed by atoms with Gasteiger partial charge in [-0.05, 0) is 34.5 Å². The largest absolute Gasteiger partial charge is 0.393 e. The van der Waals surface area contributed by atoms with E-state index in [0.717, 1.165) is 6.07 Å². The maximum Gasteiger partial charge on any atom is 0.261 e. The van der Waals surface area contributed by atoms with E-state index in [1.54, 1.807) is 0 Å². The quantitative estimate of drug-likeness (QED) is 0.467. The molecule has 0 bridgehead atoms. The highest BCUT2D eigenvalue weighted by Crippen LogP contribution is 2.23. The summed E-state index contributed by atoms with van der Waals surface area (Å²) in [5, 5.41) is 9.59. The molecule has 0 fully saturated rings. The van der Waals surface area contributed by atoms with Crippen LogP contribution in [-0.2, 0) is 11.2 Å². The van der Waals surface area contributed by atoms with Gasteiger partial charge in [-0.25, -0.2) is 17.6 Å². The van der Waals surface area contributed by atoms with Gasteiger partial charge in [-0.2, -0.15) is 0 Å². The molecule has 0 saturated carbocycles. The third-order valence-electron chi connectivity index (χ3n) is 2.42. The summed E-state index contributed by atoms with van der Waals surface area (Å²) in [6.45, 7) is -0.810. The molecule has 1 unspecified atom stereocenters. The summed E-state index contributed by atoms with van der Waals surface area (Å²) in [6, 6.07) is 2.31. The first-order valence-corrected chi connectivity index (χ1v) is 6.37. The lowest BCUT2D eigenvalue weighted by Gasteiger charge is -2.12. The Kier molecular flexibility index (Phi) is 6.74. The van der Waals surface area contributed by atoms with E-state index in [2.05, 4.69) is 20.7 Å². The van der Waals surface area contributed by atoms with Gasteiger partial charge in [0.25, 0.3) is 6.43 Å². The molecule has 2 nitrogen and oxygen atoms in total. The van der Waals surface area contributed by atoms with Crippen LogP contribution in [0.3, 0.4) is 0 Å². The van der Waals surface area contributed by atoms with E-state index in [1.807, 2.05) is 0 Å². The third-order valence-corrected chi connectivity index (χ3v) is 3.03. The van der Waals surface area contributed by atoms with Crippen molar-refractivity contribution in [2.45, 2.75) is 25.4 Å². The Morgan fingerprint density at radius 2 is 1.95 bits per heavy atom. The topological polar surface area (TPSA) is 29.5 Å². The van der Waals surface area contributed by atoms with Crippen molar-refractivity contribution < 1.29 is 27.4 Å². The number of ether oxygens (including phenoxy) is 1. The Morgan fingerprint density at radius 1 is 1.26 bits per heavy atom. The van der Waals surface area contributed by atoms with Crippen molar-refractivity contribution in [2.24, 2.45) is 0 Å². The molecule has 1 aromatic rings. The molecule has 0 radical (unpaired) electrons. The number of aliphatic hydroxyl groups excluding tert-OH is 1. The number of hydrogen-bond acceptors (Lipinski definition) is 2. The molecule has 1 N–H and O–H groups in total. The number of rotatable bonds is 7. The minimum atomic E-state index is -2.57. The van der Waals surface area contributed by atoms with Crippen molar-refractivity contribution in [3.63, 3.8) is 0 Å². The van der Waals surface area contributed by atoms with E-state index >= 15 is 0 Å². The van der Waals surface area contributed by atoms with Crippen molar-refractivity contribution in [3.8, 4) is 0 Å². The lowest BCUT2D eigenvalue weighted by molar-refractivity contribution is 0.00498. The zero-order chi connectivity index (χ0) is 14.4. The lowest BCUT2D eigenvalue weighted by atomic mass is 10.0. The summed E-state index contributed by atoms with van der Waals surface area (Å²) in [5.41, 5.74) is -0.240. The molecular weight excluding hydrogens is 332 g/mol. The second-order valence-corrected chi connectivity index (χ2v) is 4.79. The average molecular weight is 345 g/mol. The number of hydrogen-bond donors (Lipinski definition) is 1. The molecule has 1 atom stereocenters. The monoisotopic (exact) mass is 344 g/mol. The minimum absolute atomic E-state index is 0.0259. The zero-order valence-corrected chi connectivity index (χ0v) is 11.5. The molecule has 0 amide bonds. The molecule has 19 heavy (non-hydrogen) atoms. The molecule has 108 valence electrons. The molecule has 0 spiro atoms. The number of aliphatic hydroxyl groups is 1. The van der Waals surface area contributed by atoms with Gasteiger partial charge in [0.05, 0.1) is 10.6 Å². The van der Waals surface area contributed by atoms with E-state index in [9.17, 15) is 22.7 Å².